The highest BCUT2D eigenvalue weighted by Gasteiger charge is 2.45. The fourth-order valence-corrected chi connectivity index (χ4v) is 3.56. The van der Waals surface area contributed by atoms with Gasteiger partial charge in [0.05, 0.1) is 6.04 Å². The molecular weight excluding hydrogens is 409 g/mol. The van der Waals surface area contributed by atoms with E-state index in [9.17, 15) is 22.8 Å². The van der Waals surface area contributed by atoms with Crippen LogP contribution in [-0.4, -0.2) is 64.2 Å². The zero-order chi connectivity index (χ0) is 20.8. The molecule has 1 saturated carbocycles. The Hall–Kier alpha value is -2.76. The van der Waals surface area contributed by atoms with Gasteiger partial charge in [0, 0.05) is 24.0 Å². The zero-order valence-electron chi connectivity index (χ0n) is 15.2. The number of halogens is 3. The molecule has 29 heavy (non-hydrogen) atoms. The van der Waals surface area contributed by atoms with Gasteiger partial charge in [-0.2, -0.15) is 13.2 Å². The molecule has 0 radical (unpaired) electrons. The minimum absolute atomic E-state index is 0.0770. The Morgan fingerprint density at radius 2 is 2.14 bits per heavy atom. The van der Waals surface area contributed by atoms with E-state index in [1.165, 1.54) is 28.4 Å². The molecule has 1 aliphatic carbocycles. The summed E-state index contributed by atoms with van der Waals surface area (Å²) < 4.78 is 38.2. The molecule has 2 N–H and O–H groups in total. The number of hydrogen-bond acceptors (Lipinski definition) is 6. The van der Waals surface area contributed by atoms with Crippen molar-refractivity contribution in [2.24, 2.45) is 15.9 Å². The number of alkyl halides is 3. The van der Waals surface area contributed by atoms with Gasteiger partial charge in [0.15, 0.2) is 11.0 Å². The summed E-state index contributed by atoms with van der Waals surface area (Å²) in [4.78, 5) is 39.3. The maximum absolute atomic E-state index is 12.8. The molecule has 4 rings (SSSR count). The number of amides is 3. The number of urea groups is 1. The van der Waals surface area contributed by atoms with E-state index in [1.807, 2.05) is 5.32 Å². The van der Waals surface area contributed by atoms with Gasteiger partial charge in [0.25, 0.3) is 0 Å². The number of nitrogens with zero attached hydrogens (tertiary/aromatic N) is 4. The van der Waals surface area contributed by atoms with Crippen molar-refractivity contribution in [1.82, 2.24) is 15.2 Å². The van der Waals surface area contributed by atoms with Crippen molar-refractivity contribution < 1.29 is 22.8 Å². The number of hydrogen-bond donors (Lipinski definition) is 2. The SMILES string of the molecule is C[C@@H](NC(=O)C1C=CC2=NC3CC3CN(C(=O)Nc3nccs3)C2=N1)C(F)(F)F. The van der Waals surface area contributed by atoms with Gasteiger partial charge in [-0.1, -0.05) is 0 Å². The summed E-state index contributed by atoms with van der Waals surface area (Å²) in [5, 5.41) is 6.70. The summed E-state index contributed by atoms with van der Waals surface area (Å²) in [5.74, 6) is -0.537. The van der Waals surface area contributed by atoms with Gasteiger partial charge in [-0.15, -0.1) is 11.3 Å². The van der Waals surface area contributed by atoms with Crippen LogP contribution >= 0.6 is 11.3 Å². The number of amidine groups is 1. The van der Waals surface area contributed by atoms with Crippen LogP contribution in [0.1, 0.15) is 13.3 Å². The topological polar surface area (TPSA) is 99.0 Å². The molecule has 1 aromatic heterocycles. The van der Waals surface area contributed by atoms with Gasteiger partial charge in [-0.05, 0) is 25.5 Å². The fraction of sp³-hybridized carbons (Fsp3) is 0.471. The molecule has 1 aromatic rings. The third kappa shape index (κ3) is 4.16. The van der Waals surface area contributed by atoms with E-state index < -0.39 is 30.2 Å². The highest BCUT2D eigenvalue weighted by molar-refractivity contribution is 7.13. The standard InChI is InChI=1S/C17H17F3N6O2S/c1-8(17(18,19)20)22-14(27)11-3-2-10-13(24-11)26(7-9-6-12(9)23-10)16(28)25-15-21-4-5-29-15/h2-5,8-9,11-12H,6-7H2,1H3,(H,22,27)(H,21,25,28)/t8-,9?,11?,12?/m1/s1. The molecule has 0 saturated heterocycles. The lowest BCUT2D eigenvalue weighted by atomic mass is 10.1. The van der Waals surface area contributed by atoms with Crippen LogP contribution in [0, 0.1) is 5.92 Å². The molecule has 0 aromatic carbocycles. The molecule has 4 atom stereocenters. The molecule has 1 fully saturated rings. The van der Waals surface area contributed by atoms with E-state index in [2.05, 4.69) is 20.3 Å². The van der Waals surface area contributed by atoms with E-state index in [0.717, 1.165) is 13.3 Å². The molecule has 154 valence electrons. The smallest absolute Gasteiger partial charge is 0.342 e. The number of fused-ring (bicyclic) bond motifs is 2. The fourth-order valence-electron chi connectivity index (χ4n) is 3.04. The largest absolute Gasteiger partial charge is 0.408 e. The zero-order valence-corrected chi connectivity index (χ0v) is 16.0. The quantitative estimate of drug-likeness (QED) is 0.775. The van der Waals surface area contributed by atoms with Crippen LogP contribution in [0.4, 0.5) is 23.1 Å². The first-order chi connectivity index (χ1) is 13.7. The lowest BCUT2D eigenvalue weighted by molar-refractivity contribution is -0.158. The van der Waals surface area contributed by atoms with Crippen molar-refractivity contribution in [3.05, 3.63) is 23.7 Å². The second-order valence-corrected chi connectivity index (χ2v) is 7.88. The predicted molar refractivity (Wildman–Crippen MR) is 101 cm³/mol. The number of nitrogens with one attached hydrogen (secondary N) is 2. The van der Waals surface area contributed by atoms with Crippen molar-refractivity contribution >= 4 is 40.0 Å². The van der Waals surface area contributed by atoms with Crippen molar-refractivity contribution in [3.8, 4) is 0 Å². The minimum Gasteiger partial charge on any atom is -0.342 e. The second-order valence-electron chi connectivity index (χ2n) is 6.98. The van der Waals surface area contributed by atoms with Gasteiger partial charge in [-0.25, -0.2) is 14.8 Å². The van der Waals surface area contributed by atoms with Crippen LogP contribution in [0.5, 0.6) is 0 Å². The van der Waals surface area contributed by atoms with Crippen LogP contribution in [-0.2, 0) is 4.79 Å². The molecule has 3 amide bonds. The Balaban J connectivity index is 1.56. The van der Waals surface area contributed by atoms with Crippen LogP contribution in [0.25, 0.3) is 0 Å². The van der Waals surface area contributed by atoms with Crippen LogP contribution in [0.15, 0.2) is 33.7 Å². The van der Waals surface area contributed by atoms with E-state index >= 15 is 0 Å². The minimum atomic E-state index is -4.56. The van der Waals surface area contributed by atoms with Crippen molar-refractivity contribution in [1.29, 1.82) is 0 Å². The first-order valence-electron chi connectivity index (χ1n) is 8.91. The average molecular weight is 426 g/mol. The van der Waals surface area contributed by atoms with Crippen molar-refractivity contribution in [3.63, 3.8) is 0 Å². The third-order valence-electron chi connectivity index (χ3n) is 4.80. The second kappa shape index (κ2) is 7.25. The molecule has 3 unspecified atom stereocenters. The Labute approximate surface area is 167 Å². The lowest BCUT2D eigenvalue weighted by Gasteiger charge is -2.26. The number of carbonyl (C=O) groups excluding carboxylic acids is 2. The first-order valence-corrected chi connectivity index (χ1v) is 9.79. The van der Waals surface area contributed by atoms with E-state index in [-0.39, 0.29) is 17.8 Å². The lowest BCUT2D eigenvalue weighted by Crippen LogP contribution is -2.49. The highest BCUT2D eigenvalue weighted by atomic mass is 32.1. The Bertz CT molecular complexity index is 911. The van der Waals surface area contributed by atoms with Crippen LogP contribution < -0.4 is 10.6 Å². The Morgan fingerprint density at radius 3 is 2.83 bits per heavy atom. The summed E-state index contributed by atoms with van der Waals surface area (Å²) in [6.07, 6.45) is 0.765. The maximum atomic E-state index is 12.8. The summed E-state index contributed by atoms with van der Waals surface area (Å²) in [7, 11) is 0. The third-order valence-corrected chi connectivity index (χ3v) is 5.49. The van der Waals surface area contributed by atoms with Gasteiger partial charge in [0.1, 0.15) is 17.8 Å². The van der Waals surface area contributed by atoms with Gasteiger partial charge in [0.2, 0.25) is 5.91 Å². The highest BCUT2D eigenvalue weighted by Crippen LogP contribution is 2.37. The first kappa shape index (κ1) is 19.6. The summed E-state index contributed by atoms with van der Waals surface area (Å²) >= 11 is 1.25. The van der Waals surface area contributed by atoms with Crippen LogP contribution in [0.2, 0.25) is 0 Å². The average Bonchev–Trinajstić information content (AvgIpc) is 3.21. The molecular formula is C17H17F3N6O2S. The number of carbonyl (C=O) groups is 2. The Morgan fingerprint density at radius 1 is 1.34 bits per heavy atom. The monoisotopic (exact) mass is 426 g/mol. The Kier molecular flexibility index (Phi) is 4.89. The normalized spacial score (nSPS) is 26.3. The number of aromatic nitrogens is 1. The molecule has 8 nitrogen and oxygen atoms in total. The summed E-state index contributed by atoms with van der Waals surface area (Å²) in [6, 6.07) is -3.59. The van der Waals surface area contributed by atoms with E-state index in [0.29, 0.717) is 17.4 Å². The van der Waals surface area contributed by atoms with Gasteiger partial charge in [-0.3, -0.25) is 20.0 Å². The van der Waals surface area contributed by atoms with Gasteiger partial charge < -0.3 is 5.32 Å². The number of rotatable bonds is 3. The predicted octanol–water partition coefficient (Wildman–Crippen LogP) is 2.22. The number of dihydropyridines is 1. The van der Waals surface area contributed by atoms with Crippen LogP contribution in [0.3, 0.4) is 0 Å². The molecule has 2 aliphatic heterocycles. The van der Waals surface area contributed by atoms with E-state index in [4.69, 9.17) is 0 Å². The van der Waals surface area contributed by atoms with E-state index in [1.54, 1.807) is 11.6 Å². The van der Waals surface area contributed by atoms with Gasteiger partial charge >= 0.3 is 12.2 Å². The van der Waals surface area contributed by atoms with Crippen molar-refractivity contribution in [2.75, 3.05) is 11.9 Å². The summed E-state index contributed by atoms with van der Waals surface area (Å²) in [6.45, 7) is 1.21. The maximum Gasteiger partial charge on any atom is 0.408 e. The number of anilines is 1. The number of aliphatic imine (C=N–C) groups is 2. The molecule has 0 spiro atoms. The molecule has 3 heterocycles. The summed E-state index contributed by atoms with van der Waals surface area (Å²) in [5.41, 5.74) is 0.442. The molecule has 12 heteroatoms. The molecule has 3 aliphatic rings. The number of thiazole rings is 1. The molecule has 0 bridgehead atoms. The van der Waals surface area contributed by atoms with Crippen molar-refractivity contribution in [2.45, 2.75) is 37.6 Å².